The Kier molecular flexibility index (Phi) is 6.54. The lowest BCUT2D eigenvalue weighted by Gasteiger charge is -2.33. The normalized spacial score (nSPS) is 14.1. The van der Waals surface area contributed by atoms with Crippen molar-refractivity contribution in [2.75, 3.05) is 18.4 Å². The second-order valence-electron chi connectivity index (χ2n) is 7.42. The van der Waals surface area contributed by atoms with Gasteiger partial charge in [-0.25, -0.2) is 4.39 Å². The van der Waals surface area contributed by atoms with Gasteiger partial charge in [0.2, 0.25) is 0 Å². The molecule has 0 bridgehead atoms. The number of hydrogen-bond donors (Lipinski definition) is 1. The zero-order chi connectivity index (χ0) is 21.6. The van der Waals surface area contributed by atoms with Gasteiger partial charge in [0, 0.05) is 34.6 Å². The summed E-state index contributed by atoms with van der Waals surface area (Å²) >= 11 is 1.45. The summed E-state index contributed by atoms with van der Waals surface area (Å²) in [5.41, 5.74) is 2.15. The highest BCUT2D eigenvalue weighted by Crippen LogP contribution is 2.33. The number of benzene rings is 3. The Morgan fingerprint density at radius 2 is 1.61 bits per heavy atom. The van der Waals surface area contributed by atoms with Gasteiger partial charge < -0.3 is 10.2 Å². The number of hydrogen-bond acceptors (Lipinski definition) is 4. The molecule has 3 aromatic carbocycles. The fraction of sp³-hybridized carbons (Fsp3) is 0.200. The summed E-state index contributed by atoms with van der Waals surface area (Å²) in [6, 6.07) is 23.8. The first kappa shape index (κ1) is 21.0. The van der Waals surface area contributed by atoms with Crippen LogP contribution < -0.4 is 5.32 Å². The summed E-state index contributed by atoms with van der Waals surface area (Å²) in [6.07, 6.45) is 1.66. The number of piperidine rings is 1. The molecule has 0 atom stereocenters. The van der Waals surface area contributed by atoms with Crippen LogP contribution in [0.3, 0.4) is 0 Å². The van der Waals surface area contributed by atoms with E-state index in [-0.39, 0.29) is 17.8 Å². The molecule has 1 heterocycles. The Bertz CT molecular complexity index is 1100. The van der Waals surface area contributed by atoms with E-state index in [0.717, 1.165) is 28.3 Å². The number of likely N-dealkylation sites (tertiary alicyclic amines) is 1. The third kappa shape index (κ3) is 5.07. The van der Waals surface area contributed by atoms with Crippen LogP contribution in [0, 0.1) is 17.1 Å². The minimum absolute atomic E-state index is 0.0118. The molecule has 0 aromatic heterocycles. The van der Waals surface area contributed by atoms with Crippen LogP contribution in [0.1, 0.15) is 28.8 Å². The lowest BCUT2D eigenvalue weighted by molar-refractivity contribution is 0.0715. The van der Waals surface area contributed by atoms with Gasteiger partial charge >= 0.3 is 0 Å². The maximum absolute atomic E-state index is 13.3. The molecular formula is C25H22FN3OS. The fourth-order valence-electron chi connectivity index (χ4n) is 3.68. The van der Waals surface area contributed by atoms with E-state index in [1.54, 1.807) is 18.2 Å². The number of rotatable bonds is 5. The quantitative estimate of drug-likeness (QED) is 0.574. The first-order valence-corrected chi connectivity index (χ1v) is 11.0. The highest BCUT2D eigenvalue weighted by atomic mass is 32.2. The number of carbonyl (C=O) groups is 1. The molecule has 3 aromatic rings. The van der Waals surface area contributed by atoms with E-state index in [0.29, 0.717) is 24.2 Å². The van der Waals surface area contributed by atoms with E-state index in [4.69, 9.17) is 0 Å². The lowest BCUT2D eigenvalue weighted by Crippen LogP contribution is -2.42. The Hall–Kier alpha value is -3.30. The molecule has 4 rings (SSSR count). The van der Waals surface area contributed by atoms with Crippen LogP contribution in [0.5, 0.6) is 0 Å². The minimum atomic E-state index is -0.250. The third-order valence-corrected chi connectivity index (χ3v) is 6.49. The van der Waals surface area contributed by atoms with Crippen molar-refractivity contribution in [3.63, 3.8) is 0 Å². The van der Waals surface area contributed by atoms with Crippen molar-refractivity contribution in [1.82, 2.24) is 4.90 Å². The SMILES string of the molecule is N#Cc1ccccc1Sc1ccccc1C(=O)N1CCC(Nc2ccc(F)cc2)CC1. The highest BCUT2D eigenvalue weighted by molar-refractivity contribution is 7.99. The molecule has 1 saturated heterocycles. The van der Waals surface area contributed by atoms with Gasteiger partial charge in [0.25, 0.3) is 5.91 Å². The molecule has 4 nitrogen and oxygen atoms in total. The van der Waals surface area contributed by atoms with Gasteiger partial charge in [-0.2, -0.15) is 5.26 Å². The summed E-state index contributed by atoms with van der Waals surface area (Å²) in [6.45, 7) is 1.32. The maximum atomic E-state index is 13.3. The molecule has 1 aliphatic heterocycles. The van der Waals surface area contributed by atoms with Gasteiger partial charge in [-0.15, -0.1) is 0 Å². The average Bonchev–Trinajstić information content (AvgIpc) is 2.81. The molecule has 156 valence electrons. The number of halogens is 1. The zero-order valence-corrected chi connectivity index (χ0v) is 17.7. The number of nitriles is 1. The molecule has 0 saturated carbocycles. The summed E-state index contributed by atoms with van der Waals surface area (Å²) in [4.78, 5) is 16.8. The van der Waals surface area contributed by atoms with Crippen LogP contribution in [0.25, 0.3) is 0 Å². The van der Waals surface area contributed by atoms with Gasteiger partial charge in [0.15, 0.2) is 0 Å². The van der Waals surface area contributed by atoms with Gasteiger partial charge in [-0.3, -0.25) is 4.79 Å². The standard InChI is InChI=1S/C25H22FN3OS/c26-19-9-11-20(12-10-19)28-21-13-15-29(16-14-21)25(30)22-6-2-4-8-24(22)31-23-7-3-1-5-18(23)17-27/h1-12,21,28H,13-16H2. The van der Waals surface area contributed by atoms with E-state index >= 15 is 0 Å². The predicted molar refractivity (Wildman–Crippen MR) is 121 cm³/mol. The van der Waals surface area contributed by atoms with Crippen LogP contribution in [-0.4, -0.2) is 29.9 Å². The van der Waals surface area contributed by atoms with E-state index in [1.165, 1.54) is 23.9 Å². The topological polar surface area (TPSA) is 56.1 Å². The molecule has 1 amide bonds. The third-order valence-electron chi connectivity index (χ3n) is 5.34. The fourth-order valence-corrected chi connectivity index (χ4v) is 4.70. The molecule has 0 aliphatic carbocycles. The molecule has 31 heavy (non-hydrogen) atoms. The molecular weight excluding hydrogens is 409 g/mol. The summed E-state index contributed by atoms with van der Waals surface area (Å²) < 4.78 is 13.1. The van der Waals surface area contributed by atoms with Crippen molar-refractivity contribution in [1.29, 1.82) is 5.26 Å². The van der Waals surface area contributed by atoms with Gasteiger partial charge in [0.05, 0.1) is 11.1 Å². The Morgan fingerprint density at radius 3 is 2.32 bits per heavy atom. The molecule has 1 fully saturated rings. The predicted octanol–water partition coefficient (Wildman–Crippen LogP) is 5.57. The highest BCUT2D eigenvalue weighted by Gasteiger charge is 2.25. The molecule has 1 N–H and O–H groups in total. The molecule has 0 unspecified atom stereocenters. The van der Waals surface area contributed by atoms with E-state index in [1.807, 2.05) is 47.4 Å². The van der Waals surface area contributed by atoms with Crippen LogP contribution in [-0.2, 0) is 0 Å². The van der Waals surface area contributed by atoms with Crippen LogP contribution in [0.2, 0.25) is 0 Å². The Labute approximate surface area is 185 Å². The molecule has 6 heteroatoms. The van der Waals surface area contributed by atoms with Crippen molar-refractivity contribution < 1.29 is 9.18 Å². The van der Waals surface area contributed by atoms with Crippen molar-refractivity contribution in [3.8, 4) is 6.07 Å². The van der Waals surface area contributed by atoms with Crippen molar-refractivity contribution in [2.45, 2.75) is 28.7 Å². The lowest BCUT2D eigenvalue weighted by atomic mass is 10.0. The van der Waals surface area contributed by atoms with E-state index in [2.05, 4.69) is 11.4 Å². The number of nitrogens with one attached hydrogen (secondary N) is 1. The second-order valence-corrected chi connectivity index (χ2v) is 8.51. The Morgan fingerprint density at radius 1 is 0.968 bits per heavy atom. The average molecular weight is 432 g/mol. The van der Waals surface area contributed by atoms with Crippen LogP contribution >= 0.6 is 11.8 Å². The second kappa shape index (κ2) is 9.67. The van der Waals surface area contributed by atoms with Crippen molar-refractivity contribution >= 4 is 23.4 Å². The molecule has 0 radical (unpaired) electrons. The summed E-state index contributed by atoms with van der Waals surface area (Å²) in [5, 5.41) is 12.8. The largest absolute Gasteiger partial charge is 0.382 e. The Balaban J connectivity index is 1.42. The van der Waals surface area contributed by atoms with Gasteiger partial charge in [0.1, 0.15) is 11.9 Å². The summed E-state index contributed by atoms with van der Waals surface area (Å²) in [5.74, 6) is -0.238. The minimum Gasteiger partial charge on any atom is -0.382 e. The number of anilines is 1. The smallest absolute Gasteiger partial charge is 0.255 e. The number of carbonyl (C=O) groups excluding carboxylic acids is 1. The number of amides is 1. The van der Waals surface area contributed by atoms with Gasteiger partial charge in [-0.05, 0) is 61.4 Å². The number of nitrogens with zero attached hydrogens (tertiary/aromatic N) is 2. The van der Waals surface area contributed by atoms with Crippen molar-refractivity contribution in [3.05, 3.63) is 89.7 Å². The van der Waals surface area contributed by atoms with E-state index < -0.39 is 0 Å². The maximum Gasteiger partial charge on any atom is 0.255 e. The zero-order valence-electron chi connectivity index (χ0n) is 16.9. The van der Waals surface area contributed by atoms with Crippen LogP contribution in [0.15, 0.2) is 82.6 Å². The van der Waals surface area contributed by atoms with Crippen molar-refractivity contribution in [2.24, 2.45) is 0 Å². The first-order chi connectivity index (χ1) is 15.1. The summed E-state index contributed by atoms with van der Waals surface area (Å²) in [7, 11) is 0. The monoisotopic (exact) mass is 431 g/mol. The molecule has 1 aliphatic rings. The van der Waals surface area contributed by atoms with E-state index in [9.17, 15) is 14.4 Å². The molecule has 0 spiro atoms. The van der Waals surface area contributed by atoms with Crippen LogP contribution in [0.4, 0.5) is 10.1 Å². The van der Waals surface area contributed by atoms with Gasteiger partial charge in [-0.1, -0.05) is 36.0 Å². The first-order valence-electron chi connectivity index (χ1n) is 10.2.